The molecule has 0 aliphatic rings. The number of hydrogen-bond donors (Lipinski definition) is 3. The SMILES string of the molecule is CCNC(=NCc1ccc(F)cc1C(F)(F)F)NCCNS(C)(=O)=O.I. The van der Waals surface area contributed by atoms with Crippen LogP contribution in [-0.4, -0.2) is 40.3 Å². The molecule has 0 saturated heterocycles. The Bertz CT molecular complexity index is 711. The second-order valence-electron chi connectivity index (χ2n) is 5.09. The van der Waals surface area contributed by atoms with Gasteiger partial charge in [-0.05, 0) is 24.6 Å². The van der Waals surface area contributed by atoms with Gasteiger partial charge in [-0.3, -0.25) is 0 Å². The van der Waals surface area contributed by atoms with Gasteiger partial charge in [-0.15, -0.1) is 24.0 Å². The molecule has 0 spiro atoms. The summed E-state index contributed by atoms with van der Waals surface area (Å²) >= 11 is 0. The van der Waals surface area contributed by atoms with E-state index >= 15 is 0 Å². The van der Waals surface area contributed by atoms with Gasteiger partial charge in [0.05, 0.1) is 18.4 Å². The average Bonchev–Trinajstić information content (AvgIpc) is 2.48. The Hall–Kier alpha value is -1.15. The van der Waals surface area contributed by atoms with Gasteiger partial charge < -0.3 is 10.6 Å². The molecule has 150 valence electrons. The van der Waals surface area contributed by atoms with Gasteiger partial charge in [-0.2, -0.15) is 13.2 Å². The standard InChI is InChI=1S/C14H20F4N4O2S.HI/c1-3-19-13(20-6-7-22-25(2,23)24)21-9-10-4-5-11(15)8-12(10)14(16,17)18;/h4-5,8,22H,3,6-7,9H2,1-2H3,(H2,19,20,21);1H. The highest BCUT2D eigenvalue weighted by molar-refractivity contribution is 14.0. The van der Waals surface area contributed by atoms with Crippen molar-refractivity contribution in [1.29, 1.82) is 0 Å². The molecule has 0 radical (unpaired) electrons. The van der Waals surface area contributed by atoms with E-state index in [1.54, 1.807) is 6.92 Å². The minimum atomic E-state index is -4.68. The number of alkyl halides is 3. The third kappa shape index (κ3) is 9.52. The molecule has 0 aromatic heterocycles. The van der Waals surface area contributed by atoms with Crippen molar-refractivity contribution in [3.8, 4) is 0 Å². The lowest BCUT2D eigenvalue weighted by Gasteiger charge is -2.14. The van der Waals surface area contributed by atoms with Crippen LogP contribution < -0.4 is 15.4 Å². The van der Waals surface area contributed by atoms with Crippen LogP contribution in [0.1, 0.15) is 18.1 Å². The molecule has 0 unspecified atom stereocenters. The monoisotopic (exact) mass is 512 g/mol. The molecule has 1 aromatic rings. The maximum Gasteiger partial charge on any atom is 0.416 e. The second kappa shape index (κ2) is 10.9. The Labute approximate surface area is 166 Å². The van der Waals surface area contributed by atoms with E-state index in [0.29, 0.717) is 12.6 Å². The summed E-state index contributed by atoms with van der Waals surface area (Å²) in [6.45, 7) is 2.19. The van der Waals surface area contributed by atoms with Gasteiger partial charge in [0.1, 0.15) is 5.82 Å². The van der Waals surface area contributed by atoms with Crippen LogP contribution in [0.2, 0.25) is 0 Å². The van der Waals surface area contributed by atoms with Crippen molar-refractivity contribution >= 4 is 40.0 Å². The van der Waals surface area contributed by atoms with Gasteiger partial charge in [0.25, 0.3) is 0 Å². The fourth-order valence-corrected chi connectivity index (χ4v) is 2.35. The van der Waals surface area contributed by atoms with Crippen LogP contribution in [0.5, 0.6) is 0 Å². The van der Waals surface area contributed by atoms with Crippen LogP contribution in [0, 0.1) is 5.82 Å². The molecule has 6 nitrogen and oxygen atoms in total. The molecule has 0 aliphatic carbocycles. The number of nitrogens with zero attached hydrogens (tertiary/aromatic N) is 1. The number of sulfonamides is 1. The Kier molecular flexibility index (Phi) is 10.4. The van der Waals surface area contributed by atoms with Gasteiger partial charge in [0.15, 0.2) is 5.96 Å². The largest absolute Gasteiger partial charge is 0.416 e. The Morgan fingerprint density at radius 1 is 1.19 bits per heavy atom. The van der Waals surface area contributed by atoms with E-state index in [1.165, 1.54) is 0 Å². The lowest BCUT2D eigenvalue weighted by Crippen LogP contribution is -2.41. The van der Waals surface area contributed by atoms with Crippen molar-refractivity contribution in [3.05, 3.63) is 35.1 Å². The summed E-state index contributed by atoms with van der Waals surface area (Å²) in [4.78, 5) is 4.02. The summed E-state index contributed by atoms with van der Waals surface area (Å²) in [6.07, 6.45) is -3.67. The first kappa shape index (κ1) is 24.8. The minimum Gasteiger partial charge on any atom is -0.357 e. The van der Waals surface area contributed by atoms with E-state index in [1.807, 2.05) is 0 Å². The van der Waals surface area contributed by atoms with Crippen LogP contribution in [0.25, 0.3) is 0 Å². The fraction of sp³-hybridized carbons (Fsp3) is 0.500. The van der Waals surface area contributed by atoms with Crippen molar-refractivity contribution in [1.82, 2.24) is 15.4 Å². The highest BCUT2D eigenvalue weighted by Gasteiger charge is 2.33. The first-order valence-electron chi connectivity index (χ1n) is 7.35. The minimum absolute atomic E-state index is 0. The zero-order chi connectivity index (χ0) is 19.1. The van der Waals surface area contributed by atoms with Crippen LogP contribution in [0.4, 0.5) is 17.6 Å². The molecule has 0 amide bonds. The van der Waals surface area contributed by atoms with Gasteiger partial charge in [-0.25, -0.2) is 22.5 Å². The van der Waals surface area contributed by atoms with Crippen molar-refractivity contribution in [2.75, 3.05) is 25.9 Å². The summed E-state index contributed by atoms with van der Waals surface area (Å²) < 4.78 is 76.1. The molecule has 0 saturated carbocycles. The summed E-state index contributed by atoms with van der Waals surface area (Å²) in [5.41, 5.74) is -1.24. The first-order chi connectivity index (χ1) is 11.5. The quantitative estimate of drug-likeness (QED) is 0.172. The molecular weight excluding hydrogens is 491 g/mol. The molecular formula is C14H21F4IN4O2S. The lowest BCUT2D eigenvalue weighted by atomic mass is 10.1. The van der Waals surface area contributed by atoms with E-state index in [9.17, 15) is 26.0 Å². The second-order valence-corrected chi connectivity index (χ2v) is 6.92. The molecule has 0 heterocycles. The van der Waals surface area contributed by atoms with Gasteiger partial charge >= 0.3 is 6.18 Å². The highest BCUT2D eigenvalue weighted by Crippen LogP contribution is 2.32. The van der Waals surface area contributed by atoms with E-state index in [4.69, 9.17) is 0 Å². The number of aliphatic imine (C=N–C) groups is 1. The number of rotatable bonds is 7. The van der Waals surface area contributed by atoms with E-state index in [-0.39, 0.29) is 55.1 Å². The van der Waals surface area contributed by atoms with Gasteiger partial charge in [0.2, 0.25) is 10.0 Å². The molecule has 0 aliphatic heterocycles. The van der Waals surface area contributed by atoms with E-state index in [0.717, 1.165) is 18.4 Å². The smallest absolute Gasteiger partial charge is 0.357 e. The molecule has 12 heteroatoms. The van der Waals surface area contributed by atoms with E-state index in [2.05, 4.69) is 20.3 Å². The molecule has 26 heavy (non-hydrogen) atoms. The number of guanidine groups is 1. The van der Waals surface area contributed by atoms with Crippen LogP contribution >= 0.6 is 24.0 Å². The summed E-state index contributed by atoms with van der Waals surface area (Å²) in [6, 6.07) is 2.41. The number of nitrogens with one attached hydrogen (secondary N) is 3. The zero-order valence-corrected chi connectivity index (χ0v) is 17.3. The lowest BCUT2D eigenvalue weighted by molar-refractivity contribution is -0.138. The number of halogens is 5. The third-order valence-corrected chi connectivity index (χ3v) is 3.64. The Balaban J connectivity index is 0.00000625. The average molecular weight is 512 g/mol. The molecule has 1 aromatic carbocycles. The van der Waals surface area contributed by atoms with Gasteiger partial charge in [-0.1, -0.05) is 6.07 Å². The van der Waals surface area contributed by atoms with Gasteiger partial charge in [0, 0.05) is 19.6 Å². The highest BCUT2D eigenvalue weighted by atomic mass is 127. The summed E-state index contributed by atoms with van der Waals surface area (Å²) in [7, 11) is -3.33. The normalized spacial score (nSPS) is 12.5. The molecule has 3 N–H and O–H groups in total. The maximum absolute atomic E-state index is 13.1. The molecule has 0 atom stereocenters. The van der Waals surface area contributed by atoms with Crippen LogP contribution in [0.15, 0.2) is 23.2 Å². The Morgan fingerprint density at radius 2 is 1.85 bits per heavy atom. The predicted octanol–water partition coefficient (Wildman–Crippen LogP) is 2.07. The first-order valence-corrected chi connectivity index (χ1v) is 9.24. The van der Waals surface area contributed by atoms with Crippen LogP contribution in [0.3, 0.4) is 0 Å². The number of benzene rings is 1. The van der Waals surface area contributed by atoms with Crippen molar-refractivity contribution in [2.45, 2.75) is 19.6 Å². The summed E-state index contributed by atoms with van der Waals surface area (Å²) in [5.74, 6) is -0.757. The van der Waals surface area contributed by atoms with Crippen LogP contribution in [-0.2, 0) is 22.7 Å². The molecule has 0 fully saturated rings. The zero-order valence-electron chi connectivity index (χ0n) is 14.2. The summed E-state index contributed by atoms with van der Waals surface area (Å²) in [5, 5.41) is 5.62. The predicted molar refractivity (Wildman–Crippen MR) is 102 cm³/mol. The maximum atomic E-state index is 13.1. The van der Waals surface area contributed by atoms with Crippen molar-refractivity contribution < 1.29 is 26.0 Å². The third-order valence-electron chi connectivity index (χ3n) is 2.91. The fourth-order valence-electron chi connectivity index (χ4n) is 1.87. The van der Waals surface area contributed by atoms with Crippen molar-refractivity contribution in [2.24, 2.45) is 4.99 Å². The van der Waals surface area contributed by atoms with Crippen molar-refractivity contribution in [3.63, 3.8) is 0 Å². The topological polar surface area (TPSA) is 82.6 Å². The van der Waals surface area contributed by atoms with E-state index < -0.39 is 27.6 Å². The molecule has 1 rings (SSSR count). The molecule has 0 bridgehead atoms. The Morgan fingerprint density at radius 3 is 2.38 bits per heavy atom. The number of hydrogen-bond acceptors (Lipinski definition) is 3.